The molecule has 1 aromatic rings. The summed E-state index contributed by atoms with van der Waals surface area (Å²) in [5.74, 6) is 0.911. The summed E-state index contributed by atoms with van der Waals surface area (Å²) in [6.45, 7) is 5.26. The highest BCUT2D eigenvalue weighted by Gasteiger charge is 2.22. The van der Waals surface area contributed by atoms with Crippen LogP contribution in [-0.2, 0) is 4.79 Å². The van der Waals surface area contributed by atoms with E-state index in [0.717, 1.165) is 12.8 Å². The summed E-state index contributed by atoms with van der Waals surface area (Å²) in [6, 6.07) is 7.44. The molecule has 0 atom stereocenters. The Bertz CT molecular complexity index is 638. The molecule has 1 fully saturated rings. The van der Waals surface area contributed by atoms with Crippen molar-refractivity contribution in [3.05, 3.63) is 29.3 Å². The van der Waals surface area contributed by atoms with Crippen LogP contribution >= 0.6 is 0 Å². The fraction of sp³-hybridized carbons (Fsp3) is 0.444. The Morgan fingerprint density at radius 1 is 1.35 bits per heavy atom. The first kappa shape index (κ1) is 16.9. The number of rotatable bonds is 5. The zero-order valence-electron chi connectivity index (χ0n) is 13.8. The fourth-order valence-corrected chi connectivity index (χ4v) is 2.56. The van der Waals surface area contributed by atoms with Gasteiger partial charge in [0, 0.05) is 18.7 Å². The van der Waals surface area contributed by atoms with Gasteiger partial charge in [0.1, 0.15) is 11.6 Å². The fourth-order valence-electron chi connectivity index (χ4n) is 2.56. The highest BCUT2D eigenvalue weighted by Crippen LogP contribution is 2.33. The molecule has 1 heterocycles. The van der Waals surface area contributed by atoms with E-state index in [4.69, 9.17) is 9.47 Å². The Morgan fingerprint density at radius 3 is 2.61 bits per heavy atom. The number of nitrogens with zero attached hydrogens (tertiary/aromatic N) is 2. The van der Waals surface area contributed by atoms with Gasteiger partial charge >= 0.3 is 0 Å². The topological polar surface area (TPSA) is 62.6 Å². The first-order valence-electron chi connectivity index (χ1n) is 7.81. The molecule has 0 N–H and O–H groups in total. The second kappa shape index (κ2) is 7.68. The first-order valence-corrected chi connectivity index (χ1v) is 7.81. The summed E-state index contributed by atoms with van der Waals surface area (Å²) in [6.07, 6.45) is 3.52. The second-order valence-electron chi connectivity index (χ2n) is 5.71. The van der Waals surface area contributed by atoms with Crippen molar-refractivity contribution in [1.82, 2.24) is 4.90 Å². The van der Waals surface area contributed by atoms with E-state index in [1.165, 1.54) is 0 Å². The number of likely N-dealkylation sites (tertiary alicyclic amines) is 1. The largest absolute Gasteiger partial charge is 0.493 e. The molecule has 1 aliphatic heterocycles. The number of methoxy groups -OCH3 is 1. The highest BCUT2D eigenvalue weighted by atomic mass is 16.5. The molecule has 0 saturated carbocycles. The monoisotopic (exact) mass is 314 g/mol. The van der Waals surface area contributed by atoms with Gasteiger partial charge in [-0.1, -0.05) is 12.1 Å². The zero-order chi connectivity index (χ0) is 16.8. The average Bonchev–Trinajstić information content (AvgIpc) is 3.07. The van der Waals surface area contributed by atoms with Gasteiger partial charge in [-0.25, -0.2) is 0 Å². The lowest BCUT2D eigenvalue weighted by molar-refractivity contribution is -0.125. The summed E-state index contributed by atoms with van der Waals surface area (Å²) in [4.78, 5) is 14.2. The molecule has 0 aromatic heterocycles. The van der Waals surface area contributed by atoms with Crippen molar-refractivity contribution in [3.63, 3.8) is 0 Å². The summed E-state index contributed by atoms with van der Waals surface area (Å²) in [5, 5.41) is 9.38. The number of hydrogen-bond acceptors (Lipinski definition) is 4. The molecule has 5 heteroatoms. The van der Waals surface area contributed by atoms with Crippen molar-refractivity contribution in [2.24, 2.45) is 0 Å². The number of benzene rings is 1. The lowest BCUT2D eigenvalue weighted by Crippen LogP contribution is -2.28. The third-order valence-corrected chi connectivity index (χ3v) is 3.63. The molecular formula is C18H22N2O3. The van der Waals surface area contributed by atoms with Crippen LogP contribution in [0.25, 0.3) is 6.08 Å². The molecule has 122 valence electrons. The van der Waals surface area contributed by atoms with Crippen LogP contribution in [0.4, 0.5) is 0 Å². The normalized spacial score (nSPS) is 14.7. The van der Waals surface area contributed by atoms with Gasteiger partial charge in [0.25, 0.3) is 5.91 Å². The van der Waals surface area contributed by atoms with Crippen molar-refractivity contribution in [2.75, 3.05) is 20.2 Å². The maximum atomic E-state index is 12.4. The Labute approximate surface area is 137 Å². The third-order valence-electron chi connectivity index (χ3n) is 3.63. The van der Waals surface area contributed by atoms with E-state index in [1.807, 2.05) is 32.0 Å². The van der Waals surface area contributed by atoms with Crippen molar-refractivity contribution < 1.29 is 14.3 Å². The maximum absolute atomic E-state index is 12.4. The van der Waals surface area contributed by atoms with Gasteiger partial charge in [0.15, 0.2) is 11.5 Å². The summed E-state index contributed by atoms with van der Waals surface area (Å²) in [7, 11) is 1.57. The standard InChI is InChI=1S/C18H22N2O3/c1-13(2)23-17-14(7-6-8-16(17)22-3)11-15(12-19)18(21)20-9-4-5-10-20/h6-8,11,13H,4-5,9-10H2,1-3H3/b15-11+. The van der Waals surface area contributed by atoms with Gasteiger partial charge in [-0.3, -0.25) is 4.79 Å². The van der Waals surface area contributed by atoms with Gasteiger partial charge in [-0.15, -0.1) is 0 Å². The van der Waals surface area contributed by atoms with Crippen molar-refractivity contribution in [2.45, 2.75) is 32.8 Å². The minimum Gasteiger partial charge on any atom is -0.493 e. The Balaban J connectivity index is 2.39. The van der Waals surface area contributed by atoms with Crippen LogP contribution in [0.2, 0.25) is 0 Å². The van der Waals surface area contributed by atoms with Crippen LogP contribution in [0.1, 0.15) is 32.3 Å². The van der Waals surface area contributed by atoms with Gasteiger partial charge < -0.3 is 14.4 Å². The third kappa shape index (κ3) is 4.04. The first-order chi connectivity index (χ1) is 11.1. The summed E-state index contributed by atoms with van der Waals surface area (Å²) in [5.41, 5.74) is 0.788. The number of carbonyl (C=O) groups is 1. The Hall–Kier alpha value is -2.48. The van der Waals surface area contributed by atoms with Gasteiger partial charge in [0.2, 0.25) is 0 Å². The van der Waals surface area contributed by atoms with Gasteiger partial charge in [-0.05, 0) is 38.8 Å². The molecule has 23 heavy (non-hydrogen) atoms. The van der Waals surface area contributed by atoms with Crippen molar-refractivity contribution in [1.29, 1.82) is 5.26 Å². The molecule has 1 aromatic carbocycles. The average molecular weight is 314 g/mol. The molecular weight excluding hydrogens is 292 g/mol. The lowest BCUT2D eigenvalue weighted by Gasteiger charge is -2.17. The maximum Gasteiger partial charge on any atom is 0.264 e. The smallest absolute Gasteiger partial charge is 0.264 e. The molecule has 0 bridgehead atoms. The number of carbonyl (C=O) groups excluding carboxylic acids is 1. The van der Waals surface area contributed by atoms with Gasteiger partial charge in [-0.2, -0.15) is 5.26 Å². The number of ether oxygens (including phenoxy) is 2. The lowest BCUT2D eigenvalue weighted by atomic mass is 10.1. The molecule has 0 aliphatic carbocycles. The summed E-state index contributed by atoms with van der Waals surface area (Å²) >= 11 is 0. The van der Waals surface area contributed by atoms with Gasteiger partial charge in [0.05, 0.1) is 13.2 Å². The van der Waals surface area contributed by atoms with Crippen LogP contribution in [0.3, 0.4) is 0 Å². The van der Waals surface area contributed by atoms with E-state index < -0.39 is 0 Å². The minimum absolute atomic E-state index is 0.0433. The van der Waals surface area contributed by atoms with Crippen molar-refractivity contribution >= 4 is 12.0 Å². The van der Waals surface area contributed by atoms with Crippen LogP contribution in [0, 0.1) is 11.3 Å². The number of para-hydroxylation sites is 1. The van der Waals surface area contributed by atoms with Crippen LogP contribution in [-0.4, -0.2) is 37.1 Å². The SMILES string of the molecule is COc1cccc(/C=C(\C#N)C(=O)N2CCCC2)c1OC(C)C. The zero-order valence-corrected chi connectivity index (χ0v) is 13.8. The molecule has 5 nitrogen and oxygen atoms in total. The molecule has 1 saturated heterocycles. The van der Waals surface area contributed by atoms with Crippen LogP contribution in [0.15, 0.2) is 23.8 Å². The van der Waals surface area contributed by atoms with E-state index in [2.05, 4.69) is 0 Å². The van der Waals surface area contributed by atoms with Crippen LogP contribution in [0.5, 0.6) is 11.5 Å². The Morgan fingerprint density at radius 2 is 2.04 bits per heavy atom. The molecule has 0 radical (unpaired) electrons. The molecule has 2 rings (SSSR count). The summed E-state index contributed by atoms with van der Waals surface area (Å²) < 4.78 is 11.1. The van der Waals surface area contributed by atoms with E-state index in [-0.39, 0.29) is 17.6 Å². The van der Waals surface area contributed by atoms with Crippen molar-refractivity contribution in [3.8, 4) is 17.6 Å². The predicted molar refractivity (Wildman–Crippen MR) is 88.2 cm³/mol. The number of amides is 1. The molecule has 0 spiro atoms. The van der Waals surface area contributed by atoms with E-state index in [9.17, 15) is 10.1 Å². The van der Waals surface area contributed by atoms with Crippen LogP contribution < -0.4 is 9.47 Å². The van der Waals surface area contributed by atoms with E-state index >= 15 is 0 Å². The number of nitriles is 1. The molecule has 0 unspecified atom stereocenters. The minimum atomic E-state index is -0.219. The number of hydrogen-bond donors (Lipinski definition) is 0. The Kier molecular flexibility index (Phi) is 5.64. The highest BCUT2D eigenvalue weighted by molar-refractivity contribution is 6.02. The second-order valence-corrected chi connectivity index (χ2v) is 5.71. The molecule has 1 aliphatic rings. The van der Waals surface area contributed by atoms with E-state index in [0.29, 0.717) is 30.2 Å². The quantitative estimate of drug-likeness (QED) is 0.619. The molecule has 1 amide bonds. The van der Waals surface area contributed by atoms with E-state index in [1.54, 1.807) is 24.2 Å². The predicted octanol–water partition coefficient (Wildman–Crippen LogP) is 3.01.